The molecule has 112 valence electrons. The Morgan fingerprint density at radius 1 is 1.45 bits per heavy atom. The van der Waals surface area contributed by atoms with E-state index in [0.717, 1.165) is 25.2 Å². The number of morpholine rings is 1. The van der Waals surface area contributed by atoms with Crippen molar-refractivity contribution in [3.05, 3.63) is 23.9 Å². The highest BCUT2D eigenvalue weighted by molar-refractivity contribution is 5.25. The Morgan fingerprint density at radius 3 is 2.95 bits per heavy atom. The molecular formula is C15H24N2O3. The summed E-state index contributed by atoms with van der Waals surface area (Å²) >= 11 is 0. The fourth-order valence-electron chi connectivity index (χ4n) is 2.78. The molecule has 2 rings (SSSR count). The molecule has 0 N–H and O–H groups in total. The van der Waals surface area contributed by atoms with Crippen LogP contribution in [0, 0.1) is 0 Å². The topological polar surface area (TPSA) is 43.8 Å². The largest absolute Gasteiger partial charge is 0.481 e. The lowest BCUT2D eigenvalue weighted by molar-refractivity contribution is -0.154. The van der Waals surface area contributed by atoms with Crippen LogP contribution in [0.5, 0.6) is 5.88 Å². The fourth-order valence-corrected chi connectivity index (χ4v) is 2.78. The zero-order valence-electron chi connectivity index (χ0n) is 12.8. The van der Waals surface area contributed by atoms with Crippen molar-refractivity contribution in [1.29, 1.82) is 0 Å². The van der Waals surface area contributed by atoms with Crippen LogP contribution in [0.3, 0.4) is 0 Å². The number of methoxy groups -OCH3 is 2. The van der Waals surface area contributed by atoms with Gasteiger partial charge in [-0.15, -0.1) is 0 Å². The molecule has 0 amide bonds. The summed E-state index contributed by atoms with van der Waals surface area (Å²) in [5, 5.41) is 0. The maximum absolute atomic E-state index is 6.03. The number of hydrogen-bond acceptors (Lipinski definition) is 5. The smallest absolute Gasteiger partial charge is 0.217 e. The molecule has 0 radical (unpaired) electrons. The quantitative estimate of drug-likeness (QED) is 0.821. The van der Waals surface area contributed by atoms with Crippen molar-refractivity contribution in [2.75, 3.05) is 33.9 Å². The third-order valence-electron chi connectivity index (χ3n) is 3.34. The van der Waals surface area contributed by atoms with Crippen LogP contribution in [-0.2, 0) is 16.0 Å². The van der Waals surface area contributed by atoms with E-state index >= 15 is 0 Å². The normalized spacial score (nSPS) is 22.7. The Balaban J connectivity index is 2.07. The van der Waals surface area contributed by atoms with Gasteiger partial charge in [-0.05, 0) is 19.9 Å². The third kappa shape index (κ3) is 3.91. The number of aromatic nitrogens is 1. The van der Waals surface area contributed by atoms with Gasteiger partial charge in [-0.3, -0.25) is 4.90 Å². The Hall–Kier alpha value is -1.17. The standard InChI is InChI=1S/C15H24N2O3/c1-15(2)11-17(9-13(20-15)10-18-3)8-12-6-5-7-16-14(12)19-4/h5-7,13H,8-11H2,1-4H3/t13-/m0/s1. The van der Waals surface area contributed by atoms with Gasteiger partial charge in [-0.1, -0.05) is 6.07 Å². The van der Waals surface area contributed by atoms with Crippen LogP contribution in [-0.4, -0.2) is 55.5 Å². The van der Waals surface area contributed by atoms with Crippen molar-refractivity contribution in [2.45, 2.75) is 32.1 Å². The summed E-state index contributed by atoms with van der Waals surface area (Å²) in [6.07, 6.45) is 1.85. The van der Waals surface area contributed by atoms with E-state index in [-0.39, 0.29) is 11.7 Å². The Morgan fingerprint density at radius 2 is 2.25 bits per heavy atom. The second kappa shape index (κ2) is 6.52. The molecule has 1 aliphatic heterocycles. The Kier molecular flexibility index (Phi) is 4.96. The molecule has 1 aromatic rings. The second-order valence-electron chi connectivity index (χ2n) is 5.80. The third-order valence-corrected chi connectivity index (χ3v) is 3.34. The lowest BCUT2D eigenvalue weighted by Crippen LogP contribution is -2.53. The first-order valence-electron chi connectivity index (χ1n) is 6.91. The van der Waals surface area contributed by atoms with Crippen LogP contribution in [0.2, 0.25) is 0 Å². The molecule has 1 aliphatic rings. The van der Waals surface area contributed by atoms with Crippen molar-refractivity contribution in [2.24, 2.45) is 0 Å². The number of ether oxygens (including phenoxy) is 3. The minimum atomic E-state index is -0.170. The lowest BCUT2D eigenvalue weighted by Gasteiger charge is -2.42. The monoisotopic (exact) mass is 280 g/mol. The first-order chi connectivity index (χ1) is 9.54. The molecule has 2 heterocycles. The molecule has 0 spiro atoms. The summed E-state index contributed by atoms with van der Waals surface area (Å²) in [6, 6.07) is 4.00. The second-order valence-corrected chi connectivity index (χ2v) is 5.80. The van der Waals surface area contributed by atoms with E-state index in [1.807, 2.05) is 6.07 Å². The van der Waals surface area contributed by atoms with Crippen LogP contribution >= 0.6 is 0 Å². The van der Waals surface area contributed by atoms with E-state index < -0.39 is 0 Å². The molecule has 0 aliphatic carbocycles. The average molecular weight is 280 g/mol. The summed E-state index contributed by atoms with van der Waals surface area (Å²) in [6.45, 7) is 7.39. The molecule has 1 atom stereocenters. The SMILES string of the molecule is COC[C@@H]1CN(Cc2cccnc2OC)CC(C)(C)O1. The predicted molar refractivity (Wildman–Crippen MR) is 76.9 cm³/mol. The van der Waals surface area contributed by atoms with Crippen LogP contribution in [0.1, 0.15) is 19.4 Å². The van der Waals surface area contributed by atoms with Gasteiger partial charge in [0.15, 0.2) is 0 Å². The molecule has 0 saturated carbocycles. The Bertz CT molecular complexity index is 437. The van der Waals surface area contributed by atoms with Crippen molar-refractivity contribution >= 4 is 0 Å². The molecule has 1 fully saturated rings. The van der Waals surface area contributed by atoms with Crippen LogP contribution in [0.25, 0.3) is 0 Å². The number of nitrogens with zero attached hydrogens (tertiary/aromatic N) is 2. The maximum Gasteiger partial charge on any atom is 0.217 e. The van der Waals surface area contributed by atoms with Gasteiger partial charge in [-0.2, -0.15) is 0 Å². The molecule has 0 aromatic carbocycles. The van der Waals surface area contributed by atoms with E-state index in [4.69, 9.17) is 14.2 Å². The van der Waals surface area contributed by atoms with E-state index in [1.54, 1.807) is 20.4 Å². The highest BCUT2D eigenvalue weighted by Crippen LogP contribution is 2.24. The van der Waals surface area contributed by atoms with E-state index in [0.29, 0.717) is 12.5 Å². The summed E-state index contributed by atoms with van der Waals surface area (Å²) < 4.78 is 16.6. The van der Waals surface area contributed by atoms with Gasteiger partial charge >= 0.3 is 0 Å². The van der Waals surface area contributed by atoms with E-state index in [1.165, 1.54) is 0 Å². The highest BCUT2D eigenvalue weighted by Gasteiger charge is 2.33. The first-order valence-corrected chi connectivity index (χ1v) is 6.91. The fraction of sp³-hybridized carbons (Fsp3) is 0.667. The van der Waals surface area contributed by atoms with Gasteiger partial charge in [0.25, 0.3) is 0 Å². The molecule has 0 bridgehead atoms. The van der Waals surface area contributed by atoms with E-state index in [2.05, 4.69) is 29.8 Å². The number of pyridine rings is 1. The summed E-state index contributed by atoms with van der Waals surface area (Å²) in [5.41, 5.74) is 0.931. The van der Waals surface area contributed by atoms with Gasteiger partial charge in [0.05, 0.1) is 25.4 Å². The number of rotatable bonds is 5. The lowest BCUT2D eigenvalue weighted by atomic mass is 10.0. The van der Waals surface area contributed by atoms with Crippen LogP contribution < -0.4 is 4.74 Å². The summed E-state index contributed by atoms with van der Waals surface area (Å²) in [4.78, 5) is 6.62. The molecular weight excluding hydrogens is 256 g/mol. The molecule has 1 aromatic heterocycles. The van der Waals surface area contributed by atoms with Gasteiger partial charge in [0.1, 0.15) is 0 Å². The molecule has 5 nitrogen and oxygen atoms in total. The zero-order chi connectivity index (χ0) is 14.6. The van der Waals surface area contributed by atoms with Crippen molar-refractivity contribution in [3.8, 4) is 5.88 Å². The van der Waals surface area contributed by atoms with E-state index in [9.17, 15) is 0 Å². The van der Waals surface area contributed by atoms with Gasteiger partial charge in [0, 0.05) is 38.5 Å². The first kappa shape index (κ1) is 15.2. The minimum Gasteiger partial charge on any atom is -0.481 e. The van der Waals surface area contributed by atoms with Gasteiger partial charge in [-0.25, -0.2) is 4.98 Å². The molecule has 20 heavy (non-hydrogen) atoms. The van der Waals surface area contributed by atoms with Crippen molar-refractivity contribution < 1.29 is 14.2 Å². The Labute approximate surface area is 120 Å². The molecule has 0 unspecified atom stereocenters. The van der Waals surface area contributed by atoms with Gasteiger partial charge < -0.3 is 14.2 Å². The maximum atomic E-state index is 6.03. The number of hydrogen-bond donors (Lipinski definition) is 0. The highest BCUT2D eigenvalue weighted by atomic mass is 16.5. The van der Waals surface area contributed by atoms with Gasteiger partial charge in [0.2, 0.25) is 5.88 Å². The summed E-state index contributed by atoms with van der Waals surface area (Å²) in [7, 11) is 3.36. The zero-order valence-corrected chi connectivity index (χ0v) is 12.8. The molecule has 1 saturated heterocycles. The predicted octanol–water partition coefficient (Wildman–Crippen LogP) is 1.72. The average Bonchev–Trinajstić information content (AvgIpc) is 2.38. The summed E-state index contributed by atoms with van der Waals surface area (Å²) in [5.74, 6) is 0.695. The van der Waals surface area contributed by atoms with Crippen LogP contribution in [0.4, 0.5) is 0 Å². The minimum absolute atomic E-state index is 0.103. The van der Waals surface area contributed by atoms with Crippen molar-refractivity contribution in [3.63, 3.8) is 0 Å². The molecule has 5 heteroatoms. The van der Waals surface area contributed by atoms with Crippen LogP contribution in [0.15, 0.2) is 18.3 Å². The van der Waals surface area contributed by atoms with Crippen molar-refractivity contribution in [1.82, 2.24) is 9.88 Å².